The Morgan fingerprint density at radius 3 is 2.57 bits per heavy atom. The molecule has 1 aromatic rings. The van der Waals surface area contributed by atoms with E-state index in [1.165, 1.54) is 6.07 Å². The van der Waals surface area contributed by atoms with Gasteiger partial charge in [0.15, 0.2) is 0 Å². The van der Waals surface area contributed by atoms with Crippen molar-refractivity contribution < 1.29 is 13.2 Å². The lowest BCUT2D eigenvalue weighted by atomic mass is 10.0. The van der Waals surface area contributed by atoms with E-state index in [1.54, 1.807) is 12.1 Å². The molecule has 0 saturated heterocycles. The molecule has 0 bridgehead atoms. The normalized spacial score (nSPS) is 16.5. The first kappa shape index (κ1) is 15.8. The van der Waals surface area contributed by atoms with E-state index in [2.05, 4.69) is 6.07 Å². The van der Waals surface area contributed by atoms with Gasteiger partial charge in [0.2, 0.25) is 10.0 Å². The minimum absolute atomic E-state index is 0.0123. The van der Waals surface area contributed by atoms with Gasteiger partial charge in [-0.15, -0.1) is 0 Å². The van der Waals surface area contributed by atoms with Crippen LogP contribution in [-0.2, 0) is 10.0 Å². The summed E-state index contributed by atoms with van der Waals surface area (Å²) < 4.78 is 28.7. The molecule has 1 saturated carbocycles. The van der Waals surface area contributed by atoms with Gasteiger partial charge in [0, 0.05) is 11.8 Å². The van der Waals surface area contributed by atoms with E-state index in [-0.39, 0.29) is 16.2 Å². The quantitative estimate of drug-likeness (QED) is 0.873. The Morgan fingerprint density at radius 1 is 1.43 bits per heavy atom. The van der Waals surface area contributed by atoms with Crippen molar-refractivity contribution in [2.75, 3.05) is 6.61 Å². The molecular weight excluding hydrogens is 288 g/mol. The number of rotatable bonds is 6. The van der Waals surface area contributed by atoms with Crippen molar-refractivity contribution in [2.24, 2.45) is 10.6 Å². The number of nitriles is 1. The van der Waals surface area contributed by atoms with Crippen molar-refractivity contribution in [1.82, 2.24) is 0 Å². The summed E-state index contributed by atoms with van der Waals surface area (Å²) in [5.41, 5.74) is 0.802. The van der Waals surface area contributed by atoms with Gasteiger partial charge in [-0.05, 0) is 42.5 Å². The van der Waals surface area contributed by atoms with Crippen molar-refractivity contribution in [3.05, 3.63) is 23.8 Å². The number of nitrogens with two attached hydrogens (primary N) is 1. The van der Waals surface area contributed by atoms with E-state index < -0.39 is 10.0 Å². The van der Waals surface area contributed by atoms with Crippen LogP contribution in [0.2, 0.25) is 0 Å². The fraction of sp³-hybridized carbons (Fsp3) is 0.533. The summed E-state index contributed by atoms with van der Waals surface area (Å²) in [7, 11) is -3.71. The molecule has 6 heteroatoms. The fourth-order valence-electron chi connectivity index (χ4n) is 2.23. The molecule has 2 rings (SSSR count). The first-order valence-electron chi connectivity index (χ1n) is 6.94. The average molecular weight is 308 g/mol. The molecule has 1 aliphatic rings. The number of benzene rings is 1. The highest BCUT2D eigenvalue weighted by Gasteiger charge is 2.43. The number of sulfonamides is 1. The molecule has 5 nitrogen and oxygen atoms in total. The molecule has 0 radical (unpaired) electrons. The van der Waals surface area contributed by atoms with Crippen molar-refractivity contribution in [2.45, 2.75) is 43.9 Å². The molecule has 1 aliphatic carbocycles. The molecule has 0 heterocycles. The zero-order valence-electron chi connectivity index (χ0n) is 12.3. The highest BCUT2D eigenvalue weighted by molar-refractivity contribution is 7.89. The third kappa shape index (κ3) is 3.74. The molecule has 0 amide bonds. The highest BCUT2D eigenvalue weighted by atomic mass is 32.2. The maximum atomic E-state index is 11.4. The summed E-state index contributed by atoms with van der Waals surface area (Å²) in [6.07, 6.45) is 2.51. The summed E-state index contributed by atoms with van der Waals surface area (Å²) in [6.45, 7) is 4.43. The van der Waals surface area contributed by atoms with E-state index in [0.717, 1.165) is 18.4 Å². The van der Waals surface area contributed by atoms with Crippen LogP contribution >= 0.6 is 0 Å². The molecule has 1 fully saturated rings. The third-order valence-corrected chi connectivity index (χ3v) is 4.79. The lowest BCUT2D eigenvalue weighted by Crippen LogP contribution is -2.15. The minimum atomic E-state index is -3.71. The Morgan fingerprint density at radius 2 is 2.10 bits per heavy atom. The molecule has 0 aromatic heterocycles. The second kappa shape index (κ2) is 5.66. The Kier molecular flexibility index (Phi) is 4.26. The summed E-state index contributed by atoms with van der Waals surface area (Å²) in [5, 5.41) is 14.0. The second-order valence-electron chi connectivity index (χ2n) is 6.02. The van der Waals surface area contributed by atoms with Crippen molar-refractivity contribution in [1.29, 1.82) is 5.26 Å². The highest BCUT2D eigenvalue weighted by Crippen LogP contribution is 2.49. The molecule has 0 aliphatic heterocycles. The van der Waals surface area contributed by atoms with E-state index in [9.17, 15) is 8.42 Å². The molecule has 21 heavy (non-hydrogen) atoms. The van der Waals surface area contributed by atoms with Crippen LogP contribution in [-0.4, -0.2) is 15.0 Å². The van der Waals surface area contributed by atoms with Crippen LogP contribution in [0.4, 0.5) is 0 Å². The van der Waals surface area contributed by atoms with Gasteiger partial charge in [-0.25, -0.2) is 13.6 Å². The lowest BCUT2D eigenvalue weighted by molar-refractivity contribution is 0.234. The monoisotopic (exact) mass is 308 g/mol. The largest absolute Gasteiger partial charge is 0.493 e. The standard InChI is InChI=1S/C15H20N2O3S/c1-11(2)13-9-12(21(17,18)19)3-4-14(13)20-10-15(5-6-15)7-8-16/h3-4,9,11H,5-7,10H2,1-2H3,(H2,17,18,19). The van der Waals surface area contributed by atoms with Gasteiger partial charge in [0.25, 0.3) is 0 Å². The molecule has 114 valence electrons. The summed E-state index contributed by atoms with van der Waals surface area (Å²) in [4.78, 5) is 0.0942. The van der Waals surface area contributed by atoms with Crippen LogP contribution in [0, 0.1) is 16.7 Å². The van der Waals surface area contributed by atoms with Crippen molar-refractivity contribution >= 4 is 10.0 Å². The molecule has 0 unspecified atom stereocenters. The zero-order valence-corrected chi connectivity index (χ0v) is 13.1. The van der Waals surface area contributed by atoms with Gasteiger partial charge < -0.3 is 4.74 Å². The van der Waals surface area contributed by atoms with Crippen molar-refractivity contribution in [3.8, 4) is 11.8 Å². The van der Waals surface area contributed by atoms with Gasteiger partial charge in [-0.3, -0.25) is 0 Å². The maximum Gasteiger partial charge on any atom is 0.238 e. The Hall–Kier alpha value is -1.58. The van der Waals surface area contributed by atoms with Crippen LogP contribution in [0.5, 0.6) is 5.75 Å². The topological polar surface area (TPSA) is 93.2 Å². The molecule has 1 aromatic carbocycles. The van der Waals surface area contributed by atoms with E-state index in [4.69, 9.17) is 15.1 Å². The predicted octanol–water partition coefficient (Wildman–Crippen LogP) is 2.53. The van der Waals surface area contributed by atoms with Crippen LogP contribution in [0.3, 0.4) is 0 Å². The van der Waals surface area contributed by atoms with Gasteiger partial charge in [0.1, 0.15) is 5.75 Å². The number of ether oxygens (including phenoxy) is 1. The average Bonchev–Trinajstić information content (AvgIpc) is 3.15. The van der Waals surface area contributed by atoms with Gasteiger partial charge in [-0.2, -0.15) is 5.26 Å². The van der Waals surface area contributed by atoms with Crippen LogP contribution in [0.25, 0.3) is 0 Å². The van der Waals surface area contributed by atoms with Crippen molar-refractivity contribution in [3.63, 3.8) is 0 Å². The SMILES string of the molecule is CC(C)c1cc(S(N)(=O)=O)ccc1OCC1(CC#N)CC1. The first-order valence-corrected chi connectivity index (χ1v) is 8.49. The molecular formula is C15H20N2O3S. The lowest BCUT2D eigenvalue weighted by Gasteiger charge is -2.18. The number of primary sulfonamides is 1. The van der Waals surface area contributed by atoms with E-state index in [1.807, 2.05) is 13.8 Å². The predicted molar refractivity (Wildman–Crippen MR) is 79.3 cm³/mol. The molecule has 2 N–H and O–H groups in total. The number of hydrogen-bond donors (Lipinski definition) is 1. The summed E-state index contributed by atoms with van der Waals surface area (Å²) in [5.74, 6) is 0.787. The molecule has 0 atom stereocenters. The number of hydrogen-bond acceptors (Lipinski definition) is 4. The van der Waals surface area contributed by atoms with Gasteiger partial charge >= 0.3 is 0 Å². The van der Waals surface area contributed by atoms with E-state index in [0.29, 0.717) is 18.8 Å². The second-order valence-corrected chi connectivity index (χ2v) is 7.58. The maximum absolute atomic E-state index is 11.4. The van der Waals surface area contributed by atoms with Gasteiger partial charge in [-0.1, -0.05) is 13.8 Å². The fourth-order valence-corrected chi connectivity index (χ4v) is 2.78. The Bertz CT molecular complexity index is 671. The minimum Gasteiger partial charge on any atom is -0.493 e. The van der Waals surface area contributed by atoms with Crippen LogP contribution in [0.1, 0.15) is 44.6 Å². The Balaban J connectivity index is 2.22. The number of nitrogens with zero attached hydrogens (tertiary/aromatic N) is 1. The molecule has 0 spiro atoms. The summed E-state index contributed by atoms with van der Waals surface area (Å²) >= 11 is 0. The smallest absolute Gasteiger partial charge is 0.238 e. The Labute approximate surface area is 125 Å². The van der Waals surface area contributed by atoms with Crippen LogP contribution in [0.15, 0.2) is 23.1 Å². The third-order valence-electron chi connectivity index (χ3n) is 3.88. The summed E-state index contributed by atoms with van der Waals surface area (Å²) in [6, 6.07) is 6.88. The van der Waals surface area contributed by atoms with E-state index >= 15 is 0 Å². The van der Waals surface area contributed by atoms with Crippen LogP contribution < -0.4 is 9.88 Å². The first-order chi connectivity index (χ1) is 9.77. The zero-order chi connectivity index (χ0) is 15.7. The van der Waals surface area contributed by atoms with Gasteiger partial charge in [0.05, 0.1) is 17.6 Å².